The molecule has 0 aromatic heterocycles. The Morgan fingerprint density at radius 3 is 2.75 bits per heavy atom. The Morgan fingerprint density at radius 1 is 1.56 bits per heavy atom. The van der Waals surface area contributed by atoms with Gasteiger partial charge in [-0.1, -0.05) is 13.8 Å². The van der Waals surface area contributed by atoms with Crippen LogP contribution in [0.1, 0.15) is 27.2 Å². The average Bonchev–Trinajstić information content (AvgIpc) is 2.26. The molecule has 0 heterocycles. The van der Waals surface area contributed by atoms with Crippen molar-refractivity contribution in [3.05, 3.63) is 12.3 Å². The molecule has 0 radical (unpaired) electrons. The minimum Gasteiger partial charge on any atom is -0.466 e. The third kappa shape index (κ3) is 2.76. The normalized spacial score (nSPS) is 27.5. The van der Waals surface area contributed by atoms with E-state index >= 15 is 0 Å². The van der Waals surface area contributed by atoms with Gasteiger partial charge in [-0.2, -0.15) is 0 Å². The summed E-state index contributed by atoms with van der Waals surface area (Å²) in [5, 5.41) is 3.20. The van der Waals surface area contributed by atoms with E-state index in [0.29, 0.717) is 12.1 Å². The summed E-state index contributed by atoms with van der Waals surface area (Å²) < 4.78 is 10.1. The van der Waals surface area contributed by atoms with Gasteiger partial charge in [0.05, 0.1) is 13.2 Å². The Labute approximate surface area is 97.0 Å². The molecule has 1 saturated carbocycles. The molecule has 1 rings (SSSR count). The van der Waals surface area contributed by atoms with E-state index in [0.717, 1.165) is 13.0 Å². The summed E-state index contributed by atoms with van der Waals surface area (Å²) in [6, 6.07) is 0.352. The average molecular weight is 227 g/mol. The Morgan fingerprint density at radius 2 is 2.25 bits per heavy atom. The lowest BCUT2D eigenvalue weighted by molar-refractivity contribution is -0.134. The zero-order valence-electron chi connectivity index (χ0n) is 10.4. The van der Waals surface area contributed by atoms with Gasteiger partial charge in [0, 0.05) is 30.3 Å². The predicted molar refractivity (Wildman–Crippen MR) is 61.9 cm³/mol. The van der Waals surface area contributed by atoms with Crippen LogP contribution in [-0.4, -0.2) is 31.8 Å². The SMILES string of the molecule is CCOC1CC(N/C=C/C(=O)OC)C1(C)C. The predicted octanol–water partition coefficient (Wildman–Crippen LogP) is 1.47. The van der Waals surface area contributed by atoms with Gasteiger partial charge in [0.2, 0.25) is 0 Å². The molecule has 0 amide bonds. The molecule has 1 fully saturated rings. The van der Waals surface area contributed by atoms with E-state index in [1.54, 1.807) is 6.20 Å². The smallest absolute Gasteiger partial charge is 0.331 e. The van der Waals surface area contributed by atoms with Gasteiger partial charge in [-0.25, -0.2) is 4.79 Å². The van der Waals surface area contributed by atoms with Gasteiger partial charge in [-0.05, 0) is 13.3 Å². The lowest BCUT2D eigenvalue weighted by Gasteiger charge is -2.51. The van der Waals surface area contributed by atoms with Crippen molar-refractivity contribution in [2.24, 2.45) is 5.41 Å². The maximum Gasteiger partial charge on any atom is 0.331 e. The molecule has 0 aromatic rings. The van der Waals surface area contributed by atoms with Crippen molar-refractivity contribution in [2.45, 2.75) is 39.3 Å². The highest BCUT2D eigenvalue weighted by molar-refractivity contribution is 5.81. The minimum atomic E-state index is -0.342. The lowest BCUT2D eigenvalue weighted by Crippen LogP contribution is -2.59. The van der Waals surface area contributed by atoms with Crippen LogP contribution in [0.5, 0.6) is 0 Å². The molecule has 92 valence electrons. The van der Waals surface area contributed by atoms with Crippen molar-refractivity contribution >= 4 is 5.97 Å². The quantitative estimate of drug-likeness (QED) is 0.570. The molecule has 0 saturated heterocycles. The molecule has 4 heteroatoms. The number of methoxy groups -OCH3 is 1. The minimum absolute atomic E-state index is 0.108. The van der Waals surface area contributed by atoms with Crippen molar-refractivity contribution in [3.63, 3.8) is 0 Å². The summed E-state index contributed by atoms with van der Waals surface area (Å²) in [6.45, 7) is 7.09. The molecular formula is C12H21NO3. The maximum absolute atomic E-state index is 10.9. The molecule has 4 nitrogen and oxygen atoms in total. The molecule has 16 heavy (non-hydrogen) atoms. The summed E-state index contributed by atoms with van der Waals surface area (Å²) >= 11 is 0. The monoisotopic (exact) mass is 227 g/mol. The fourth-order valence-corrected chi connectivity index (χ4v) is 1.95. The molecule has 1 aliphatic rings. The molecule has 2 unspecified atom stereocenters. The van der Waals surface area contributed by atoms with Crippen LogP contribution < -0.4 is 5.32 Å². The van der Waals surface area contributed by atoms with Crippen LogP contribution in [-0.2, 0) is 14.3 Å². The van der Waals surface area contributed by atoms with Crippen molar-refractivity contribution in [1.82, 2.24) is 5.32 Å². The third-order valence-electron chi connectivity index (χ3n) is 3.26. The topological polar surface area (TPSA) is 47.6 Å². The summed E-state index contributed by atoms with van der Waals surface area (Å²) in [4.78, 5) is 10.9. The highest BCUT2D eigenvalue weighted by Crippen LogP contribution is 2.42. The second-order valence-corrected chi connectivity index (χ2v) is 4.58. The Bertz CT molecular complexity index is 273. The zero-order valence-corrected chi connectivity index (χ0v) is 10.4. The summed E-state index contributed by atoms with van der Waals surface area (Å²) in [5.74, 6) is -0.342. The van der Waals surface area contributed by atoms with Gasteiger partial charge < -0.3 is 14.8 Å². The van der Waals surface area contributed by atoms with Crippen LogP contribution in [0.4, 0.5) is 0 Å². The molecule has 1 aliphatic carbocycles. The molecule has 0 bridgehead atoms. The number of carbonyl (C=O) groups is 1. The molecule has 0 aromatic carbocycles. The van der Waals surface area contributed by atoms with E-state index in [4.69, 9.17) is 4.74 Å². The van der Waals surface area contributed by atoms with Gasteiger partial charge in [-0.15, -0.1) is 0 Å². The van der Waals surface area contributed by atoms with Crippen molar-refractivity contribution in [2.75, 3.05) is 13.7 Å². The largest absolute Gasteiger partial charge is 0.466 e. The molecule has 0 spiro atoms. The number of esters is 1. The van der Waals surface area contributed by atoms with Gasteiger partial charge in [0.1, 0.15) is 0 Å². The Kier molecular flexibility index (Phi) is 4.35. The first-order chi connectivity index (χ1) is 7.52. The molecule has 0 aliphatic heterocycles. The van der Waals surface area contributed by atoms with Crippen molar-refractivity contribution in [1.29, 1.82) is 0 Å². The lowest BCUT2D eigenvalue weighted by atomic mass is 9.64. The van der Waals surface area contributed by atoms with Crippen LogP contribution >= 0.6 is 0 Å². The first-order valence-electron chi connectivity index (χ1n) is 5.64. The van der Waals surface area contributed by atoms with E-state index in [1.807, 2.05) is 6.92 Å². The highest BCUT2D eigenvalue weighted by Gasteiger charge is 2.48. The highest BCUT2D eigenvalue weighted by atomic mass is 16.5. The first-order valence-corrected chi connectivity index (χ1v) is 5.64. The Balaban J connectivity index is 2.36. The number of nitrogens with one attached hydrogen (secondary N) is 1. The second-order valence-electron chi connectivity index (χ2n) is 4.58. The summed E-state index contributed by atoms with van der Waals surface area (Å²) in [6.07, 6.45) is 4.33. The number of carbonyl (C=O) groups excluding carboxylic acids is 1. The first kappa shape index (κ1) is 13.0. The number of hydrogen-bond donors (Lipinski definition) is 1. The van der Waals surface area contributed by atoms with Gasteiger partial charge >= 0.3 is 5.97 Å². The third-order valence-corrected chi connectivity index (χ3v) is 3.26. The number of rotatable bonds is 5. The number of ether oxygens (including phenoxy) is 2. The van der Waals surface area contributed by atoms with Crippen molar-refractivity contribution < 1.29 is 14.3 Å². The van der Waals surface area contributed by atoms with Crippen molar-refractivity contribution in [3.8, 4) is 0 Å². The van der Waals surface area contributed by atoms with Crippen LogP contribution in [0.3, 0.4) is 0 Å². The summed E-state index contributed by atoms with van der Waals surface area (Å²) in [5.41, 5.74) is 0.108. The molecule has 1 N–H and O–H groups in total. The maximum atomic E-state index is 10.9. The van der Waals surface area contributed by atoms with Crippen LogP contribution in [0.25, 0.3) is 0 Å². The summed E-state index contributed by atoms with van der Waals surface area (Å²) in [7, 11) is 1.37. The molecular weight excluding hydrogens is 206 g/mol. The second kappa shape index (κ2) is 5.34. The standard InChI is InChI=1S/C12H21NO3/c1-5-16-10-8-9(12(10,2)3)13-7-6-11(14)15-4/h6-7,9-10,13H,5,8H2,1-4H3/b7-6+. The van der Waals surface area contributed by atoms with E-state index in [9.17, 15) is 4.79 Å². The van der Waals surface area contributed by atoms with Gasteiger partial charge in [0.25, 0.3) is 0 Å². The Hall–Kier alpha value is -1.03. The van der Waals surface area contributed by atoms with Gasteiger partial charge in [-0.3, -0.25) is 0 Å². The van der Waals surface area contributed by atoms with Gasteiger partial charge in [0.15, 0.2) is 0 Å². The van der Waals surface area contributed by atoms with E-state index in [2.05, 4.69) is 23.9 Å². The number of hydrogen-bond acceptors (Lipinski definition) is 4. The fraction of sp³-hybridized carbons (Fsp3) is 0.750. The van der Waals surface area contributed by atoms with Crippen LogP contribution in [0.2, 0.25) is 0 Å². The van der Waals surface area contributed by atoms with Crippen LogP contribution in [0, 0.1) is 5.41 Å². The van der Waals surface area contributed by atoms with Crippen LogP contribution in [0.15, 0.2) is 12.3 Å². The molecule has 2 atom stereocenters. The fourth-order valence-electron chi connectivity index (χ4n) is 1.95. The van der Waals surface area contributed by atoms with E-state index in [-0.39, 0.29) is 11.4 Å². The van der Waals surface area contributed by atoms with E-state index < -0.39 is 0 Å². The van der Waals surface area contributed by atoms with E-state index in [1.165, 1.54) is 13.2 Å². The zero-order chi connectivity index (χ0) is 12.2.